The van der Waals surface area contributed by atoms with Gasteiger partial charge in [0.05, 0.1) is 0 Å². The summed E-state index contributed by atoms with van der Waals surface area (Å²) >= 11 is -2.28. The monoisotopic (exact) mass is 223 g/mol. The number of aliphatic hydroxyl groups is 1. The standard InChI is InChI=1S/C8H11NO3S.Na/c10-6-5-7-1-3-8(4-2-7)9-13(11)12;/h1-4,9-10H,5-6H2,(H,11,12);/p-1. The van der Waals surface area contributed by atoms with Gasteiger partial charge in [0.25, 0.3) is 0 Å². The van der Waals surface area contributed by atoms with E-state index in [0.29, 0.717) is 12.1 Å². The minimum Gasteiger partial charge on any atom is -0.755 e. The first kappa shape index (κ1) is 14.1. The summed E-state index contributed by atoms with van der Waals surface area (Å²) in [5.74, 6) is 0. The molecule has 0 heterocycles. The van der Waals surface area contributed by atoms with Crippen molar-refractivity contribution < 1.29 is 13.9 Å². The fourth-order valence-corrected chi connectivity index (χ4v) is 1.29. The first-order chi connectivity index (χ1) is 6.22. The first-order valence-corrected chi connectivity index (χ1v) is 4.85. The minimum atomic E-state index is -2.28. The molecule has 1 unspecified atom stereocenters. The number of aliphatic hydroxyl groups excluding tert-OH is 1. The molecule has 0 saturated carbocycles. The van der Waals surface area contributed by atoms with Crippen molar-refractivity contribution in [3.63, 3.8) is 0 Å². The Kier molecular flexibility index (Phi) is 7.44. The molecule has 2 N–H and O–H groups in total. The predicted molar refractivity (Wildman–Crippen MR) is 55.5 cm³/mol. The molecule has 0 spiro atoms. The zero-order valence-electron chi connectivity index (χ0n) is 7.90. The molecular formula is C8H10NNaO3S-. The number of anilines is 1. The van der Waals surface area contributed by atoms with Crippen molar-refractivity contribution in [2.24, 2.45) is 0 Å². The van der Waals surface area contributed by atoms with E-state index in [1.165, 1.54) is 0 Å². The van der Waals surface area contributed by atoms with Crippen molar-refractivity contribution in [1.29, 1.82) is 0 Å². The number of nitrogens with one attached hydrogen (secondary N) is 1. The third-order valence-corrected chi connectivity index (χ3v) is 1.96. The van der Waals surface area contributed by atoms with E-state index in [2.05, 4.69) is 4.72 Å². The van der Waals surface area contributed by atoms with Gasteiger partial charge in [-0.2, -0.15) is 0 Å². The Hall–Kier alpha value is 0.0900. The van der Waals surface area contributed by atoms with E-state index >= 15 is 0 Å². The zero-order valence-corrected chi connectivity index (χ0v) is 10.7. The van der Waals surface area contributed by atoms with Crippen LogP contribution in [0.1, 0.15) is 5.56 Å². The number of rotatable bonds is 4. The topological polar surface area (TPSA) is 72.4 Å². The Morgan fingerprint density at radius 3 is 2.36 bits per heavy atom. The number of hydrogen-bond donors (Lipinski definition) is 2. The second kappa shape index (κ2) is 7.39. The van der Waals surface area contributed by atoms with Gasteiger partial charge in [-0.05, 0) is 24.1 Å². The summed E-state index contributed by atoms with van der Waals surface area (Å²) < 4.78 is 22.7. The smallest absolute Gasteiger partial charge is 0.0471 e. The maximum Gasteiger partial charge on any atom is 0.0471 e. The predicted octanol–water partition coefficient (Wildman–Crippen LogP) is 0.0466. The molecule has 1 aromatic rings. The van der Waals surface area contributed by atoms with Crippen molar-refractivity contribution in [2.75, 3.05) is 11.3 Å². The second-order valence-corrected chi connectivity index (χ2v) is 3.18. The quantitative estimate of drug-likeness (QED) is 0.559. The molecule has 0 aliphatic heterocycles. The van der Waals surface area contributed by atoms with Crippen LogP contribution in [0.4, 0.5) is 5.69 Å². The van der Waals surface area contributed by atoms with Gasteiger partial charge in [-0.1, -0.05) is 12.1 Å². The van der Waals surface area contributed by atoms with Crippen LogP contribution in [0.5, 0.6) is 0 Å². The fourth-order valence-electron chi connectivity index (χ4n) is 0.965. The van der Waals surface area contributed by atoms with Crippen molar-refractivity contribution in [2.45, 2.75) is 6.42 Å². The molecule has 0 aliphatic carbocycles. The summed E-state index contributed by atoms with van der Waals surface area (Å²) in [6.07, 6.45) is 0.584. The minimum absolute atomic E-state index is 0. The summed E-state index contributed by atoms with van der Waals surface area (Å²) in [6.45, 7) is 0.0975. The Morgan fingerprint density at radius 2 is 1.93 bits per heavy atom. The number of hydrogen-bond acceptors (Lipinski definition) is 3. The average Bonchev–Trinajstić information content (AvgIpc) is 2.08. The van der Waals surface area contributed by atoms with Crippen LogP contribution in [0.15, 0.2) is 24.3 Å². The Balaban J connectivity index is 0.00000169. The summed E-state index contributed by atoms with van der Waals surface area (Å²) in [7, 11) is 0. The van der Waals surface area contributed by atoms with Crippen LogP contribution in [-0.2, 0) is 17.7 Å². The van der Waals surface area contributed by atoms with E-state index in [9.17, 15) is 8.76 Å². The normalized spacial score (nSPS) is 11.6. The van der Waals surface area contributed by atoms with Crippen molar-refractivity contribution in [3.8, 4) is 0 Å². The van der Waals surface area contributed by atoms with Gasteiger partial charge in [-0.3, -0.25) is 4.21 Å². The molecular weight excluding hydrogens is 213 g/mol. The van der Waals surface area contributed by atoms with Crippen molar-refractivity contribution in [3.05, 3.63) is 29.8 Å². The molecule has 0 aliphatic rings. The van der Waals surface area contributed by atoms with Gasteiger partial charge in [0, 0.05) is 53.1 Å². The van der Waals surface area contributed by atoms with E-state index in [1.54, 1.807) is 24.3 Å². The molecule has 0 saturated heterocycles. The van der Waals surface area contributed by atoms with Crippen LogP contribution in [0.3, 0.4) is 0 Å². The summed E-state index contributed by atoms with van der Waals surface area (Å²) in [5, 5.41) is 8.62. The summed E-state index contributed by atoms with van der Waals surface area (Å²) in [6, 6.07) is 6.85. The summed E-state index contributed by atoms with van der Waals surface area (Å²) in [4.78, 5) is 0. The molecule has 1 aromatic carbocycles. The Labute approximate surface area is 107 Å². The van der Waals surface area contributed by atoms with Gasteiger partial charge >= 0.3 is 0 Å². The maximum absolute atomic E-state index is 10.2. The molecule has 14 heavy (non-hydrogen) atoms. The third-order valence-electron chi connectivity index (χ3n) is 1.56. The molecule has 1 atom stereocenters. The van der Waals surface area contributed by atoms with E-state index in [0.717, 1.165) is 5.56 Å². The van der Waals surface area contributed by atoms with Gasteiger partial charge in [0.15, 0.2) is 0 Å². The number of benzene rings is 1. The fraction of sp³-hybridized carbons (Fsp3) is 0.250. The van der Waals surface area contributed by atoms with Gasteiger partial charge in [-0.25, -0.2) is 0 Å². The largest absolute Gasteiger partial charge is 0.755 e. The zero-order chi connectivity index (χ0) is 9.68. The SMILES string of the molecule is O=S([O-])Nc1ccc(CCO)cc1.[Na]. The van der Waals surface area contributed by atoms with Gasteiger partial charge < -0.3 is 14.4 Å². The summed E-state index contributed by atoms with van der Waals surface area (Å²) in [5.41, 5.74) is 1.50. The molecule has 1 rings (SSSR count). The Bertz CT molecular complexity index is 291. The van der Waals surface area contributed by atoms with Gasteiger partial charge in [0.2, 0.25) is 0 Å². The van der Waals surface area contributed by atoms with Crippen LogP contribution in [0, 0.1) is 0 Å². The van der Waals surface area contributed by atoms with Gasteiger partial charge in [0.1, 0.15) is 0 Å². The maximum atomic E-state index is 10.2. The van der Waals surface area contributed by atoms with Crippen LogP contribution < -0.4 is 4.72 Å². The molecule has 0 fully saturated rings. The Morgan fingerprint density at radius 1 is 1.36 bits per heavy atom. The first-order valence-electron chi connectivity index (χ1n) is 3.78. The van der Waals surface area contributed by atoms with Crippen LogP contribution in [0.25, 0.3) is 0 Å². The molecule has 0 amide bonds. The van der Waals surface area contributed by atoms with Crippen LogP contribution in [0.2, 0.25) is 0 Å². The van der Waals surface area contributed by atoms with Crippen LogP contribution >= 0.6 is 0 Å². The molecule has 0 bridgehead atoms. The molecule has 73 valence electrons. The van der Waals surface area contributed by atoms with Gasteiger partial charge in [-0.15, -0.1) is 0 Å². The average molecular weight is 223 g/mol. The third kappa shape index (κ3) is 5.09. The molecule has 4 nitrogen and oxygen atoms in total. The molecule has 6 heteroatoms. The van der Waals surface area contributed by atoms with E-state index in [4.69, 9.17) is 5.11 Å². The van der Waals surface area contributed by atoms with Crippen molar-refractivity contribution in [1.82, 2.24) is 0 Å². The molecule has 1 radical (unpaired) electrons. The van der Waals surface area contributed by atoms with E-state index in [-0.39, 0.29) is 36.2 Å². The second-order valence-electron chi connectivity index (χ2n) is 2.51. The van der Waals surface area contributed by atoms with E-state index in [1.807, 2.05) is 0 Å². The van der Waals surface area contributed by atoms with Crippen molar-refractivity contribution >= 4 is 46.5 Å². The van der Waals surface area contributed by atoms with Crippen LogP contribution in [-0.4, -0.2) is 50.0 Å². The molecule has 0 aromatic heterocycles. The van der Waals surface area contributed by atoms with E-state index < -0.39 is 11.3 Å².